The number of likely N-dealkylation sites (tertiary alicyclic amines) is 1. The summed E-state index contributed by atoms with van der Waals surface area (Å²) in [7, 11) is 1.73. The van der Waals surface area contributed by atoms with Crippen molar-refractivity contribution in [1.29, 1.82) is 0 Å². The Hall–Kier alpha value is -4.83. The quantitative estimate of drug-likeness (QED) is 0.130. The lowest BCUT2D eigenvalue weighted by Crippen LogP contribution is -2.48. The molecule has 3 aromatic carbocycles. The van der Waals surface area contributed by atoms with Gasteiger partial charge in [-0.1, -0.05) is 50.1 Å². The molecule has 3 aliphatic rings. The first-order valence-corrected chi connectivity index (χ1v) is 17.7. The molecule has 1 aliphatic carbocycles. The zero-order valence-corrected chi connectivity index (χ0v) is 30.4. The van der Waals surface area contributed by atoms with Gasteiger partial charge < -0.3 is 20.1 Å². The van der Waals surface area contributed by atoms with Crippen molar-refractivity contribution in [3.05, 3.63) is 124 Å². The number of aldehydes is 1. The van der Waals surface area contributed by atoms with Crippen LogP contribution >= 0.6 is 0 Å². The molecule has 0 aromatic heterocycles. The number of carbonyl (C=O) groups excluding carboxylic acids is 1. The van der Waals surface area contributed by atoms with E-state index in [1.165, 1.54) is 25.3 Å². The number of rotatable bonds is 9. The Morgan fingerprint density at radius 1 is 1.08 bits per heavy atom. The summed E-state index contributed by atoms with van der Waals surface area (Å²) in [5, 5.41) is 13.1. The first-order valence-electron chi connectivity index (χ1n) is 17.7. The lowest BCUT2D eigenvalue weighted by atomic mass is 9.91. The average Bonchev–Trinajstić information content (AvgIpc) is 3.97. The molecule has 1 saturated heterocycles. The summed E-state index contributed by atoms with van der Waals surface area (Å²) in [6, 6.07) is 11.7. The lowest BCUT2D eigenvalue weighted by molar-refractivity contribution is -0.137. The van der Waals surface area contributed by atoms with E-state index in [1.54, 1.807) is 62.3 Å². The number of aliphatic carboxylic acids is 1. The maximum absolute atomic E-state index is 16.0. The number of aryl methyl sites for hydroxylation is 2. The van der Waals surface area contributed by atoms with Crippen LogP contribution < -0.4 is 10.1 Å². The molecular formula is C42H48F3N3O4. The monoisotopic (exact) mass is 715 g/mol. The van der Waals surface area contributed by atoms with Crippen LogP contribution in [0.3, 0.4) is 0 Å². The number of benzene rings is 3. The molecule has 0 radical (unpaired) electrons. The highest BCUT2D eigenvalue weighted by molar-refractivity contribution is 5.76. The van der Waals surface area contributed by atoms with Gasteiger partial charge in [0.15, 0.2) is 0 Å². The van der Waals surface area contributed by atoms with E-state index in [2.05, 4.69) is 11.9 Å². The van der Waals surface area contributed by atoms with Crippen LogP contribution in [-0.2, 0) is 16.2 Å². The number of nitrogens with one attached hydrogen (secondary N) is 1. The van der Waals surface area contributed by atoms with Crippen molar-refractivity contribution < 1.29 is 32.6 Å². The van der Waals surface area contributed by atoms with Crippen molar-refractivity contribution in [3.8, 4) is 16.9 Å². The average molecular weight is 716 g/mol. The maximum Gasteiger partial charge on any atom is 0.305 e. The van der Waals surface area contributed by atoms with Crippen LogP contribution in [0.5, 0.6) is 5.75 Å². The second kappa shape index (κ2) is 17.1. The van der Waals surface area contributed by atoms with Crippen LogP contribution in [0.25, 0.3) is 11.1 Å². The summed E-state index contributed by atoms with van der Waals surface area (Å²) >= 11 is 0. The molecule has 2 aliphatic heterocycles. The summed E-state index contributed by atoms with van der Waals surface area (Å²) in [5.41, 5.74) is 5.12. The third kappa shape index (κ3) is 9.73. The van der Waals surface area contributed by atoms with Gasteiger partial charge in [0.2, 0.25) is 0 Å². The topological polar surface area (TPSA) is 82.1 Å². The number of carboxylic acid groups (broad SMARTS) is 1. The third-order valence-electron chi connectivity index (χ3n) is 9.36. The fourth-order valence-corrected chi connectivity index (χ4v) is 6.56. The molecule has 2 atom stereocenters. The number of alkyl halides is 1. The molecule has 1 saturated carbocycles. The van der Waals surface area contributed by atoms with E-state index >= 15 is 8.78 Å². The predicted octanol–water partition coefficient (Wildman–Crippen LogP) is 8.68. The molecular weight excluding hydrogens is 667 g/mol. The number of nitrogens with zero attached hydrogens (tertiary/aromatic N) is 2. The standard InChI is InChI=1S/C39H42F3N3O4.C3H6/c1-23(21-46)13-27(11-12-45-19-30(40)20-45)18-44(5)39-26(4)43-34(17-36(47)48)32-16-29(14-25(3)38(32)42)37-24(2)7-6-8-35(37)49-22-28-9-10-33(41)31(39)15-28;1-2-3-1/h6-10,13-16,18,21,30,34,39,43H,4,11-12,17,19-20,22H2,1-3,5H3,(H,47,48);1-3H2/b23-13-,27-18-;/t34-,39?;/m0./s1. The normalized spacial score (nSPS) is 19.1. The van der Waals surface area contributed by atoms with Gasteiger partial charge in [-0.3, -0.25) is 14.5 Å². The van der Waals surface area contributed by atoms with Gasteiger partial charge in [0.25, 0.3) is 0 Å². The van der Waals surface area contributed by atoms with Crippen molar-refractivity contribution in [2.75, 3.05) is 26.7 Å². The van der Waals surface area contributed by atoms with Gasteiger partial charge in [-0.25, -0.2) is 13.2 Å². The van der Waals surface area contributed by atoms with E-state index in [1.807, 2.05) is 30.0 Å². The fourth-order valence-electron chi connectivity index (χ4n) is 6.56. The number of ether oxygens (including phenoxy) is 1. The SMILES string of the molecule is C1CC1.C=C1N[C@@H](CC(=O)O)c2cc(cc(C)c2F)-c2c(C)cccc2OCc2ccc(F)c(c2)C1N(C)/C=C(\C=C(\C)C=O)CCN1CC(F)C1. The molecule has 6 rings (SSSR count). The molecule has 2 heterocycles. The predicted molar refractivity (Wildman–Crippen MR) is 198 cm³/mol. The Morgan fingerprint density at radius 2 is 1.81 bits per heavy atom. The van der Waals surface area contributed by atoms with Gasteiger partial charge in [-0.05, 0) is 90.9 Å². The molecule has 2 fully saturated rings. The zero-order valence-electron chi connectivity index (χ0n) is 30.4. The Balaban J connectivity index is 0.00000165. The van der Waals surface area contributed by atoms with Crippen LogP contribution in [0.15, 0.2) is 84.2 Å². The summed E-state index contributed by atoms with van der Waals surface area (Å²) < 4.78 is 51.7. The zero-order chi connectivity index (χ0) is 37.5. The number of hydrogen-bond acceptors (Lipinski definition) is 6. The molecule has 4 bridgehead atoms. The number of likely N-dealkylation sites (N-methyl/N-ethyl adjacent to an activating group) is 1. The minimum atomic E-state index is -1.16. The fraction of sp³-hybridized carbons (Fsp3) is 0.381. The summed E-state index contributed by atoms with van der Waals surface area (Å²) in [6.45, 7) is 10.8. The van der Waals surface area contributed by atoms with Crippen molar-refractivity contribution >= 4 is 12.3 Å². The molecule has 1 unspecified atom stereocenters. The van der Waals surface area contributed by atoms with E-state index in [0.717, 1.165) is 23.0 Å². The molecule has 52 heavy (non-hydrogen) atoms. The van der Waals surface area contributed by atoms with Gasteiger partial charge in [-0.15, -0.1) is 0 Å². The Labute approximate surface area is 304 Å². The minimum Gasteiger partial charge on any atom is -0.488 e. The number of carboxylic acids is 1. The highest BCUT2D eigenvalue weighted by Crippen LogP contribution is 2.39. The molecule has 7 nitrogen and oxygen atoms in total. The number of halogens is 3. The first-order chi connectivity index (χ1) is 24.8. The van der Waals surface area contributed by atoms with E-state index in [9.17, 15) is 19.1 Å². The molecule has 0 spiro atoms. The van der Waals surface area contributed by atoms with Crippen LogP contribution in [0.1, 0.15) is 78.9 Å². The van der Waals surface area contributed by atoms with Crippen molar-refractivity contribution in [1.82, 2.24) is 15.1 Å². The lowest BCUT2D eigenvalue weighted by Gasteiger charge is -2.35. The second-order valence-electron chi connectivity index (χ2n) is 14.1. The van der Waals surface area contributed by atoms with Crippen molar-refractivity contribution in [2.45, 2.75) is 77.7 Å². The van der Waals surface area contributed by atoms with Crippen molar-refractivity contribution in [3.63, 3.8) is 0 Å². The van der Waals surface area contributed by atoms with Gasteiger partial charge in [0, 0.05) is 55.3 Å². The second-order valence-corrected chi connectivity index (χ2v) is 14.1. The highest BCUT2D eigenvalue weighted by atomic mass is 19.1. The first kappa shape index (κ1) is 38.4. The van der Waals surface area contributed by atoms with E-state index < -0.39 is 42.3 Å². The largest absolute Gasteiger partial charge is 0.488 e. The van der Waals surface area contributed by atoms with Crippen LogP contribution in [0.2, 0.25) is 0 Å². The van der Waals surface area contributed by atoms with Gasteiger partial charge in [0.05, 0.1) is 18.5 Å². The molecule has 0 amide bonds. The summed E-state index contributed by atoms with van der Waals surface area (Å²) in [4.78, 5) is 27.5. The minimum absolute atomic E-state index is 0.114. The van der Waals surface area contributed by atoms with Crippen LogP contribution in [0.4, 0.5) is 13.2 Å². The van der Waals surface area contributed by atoms with Crippen LogP contribution in [-0.4, -0.2) is 60.0 Å². The summed E-state index contributed by atoms with van der Waals surface area (Å²) in [6.07, 6.45) is 7.89. The molecule has 2 N–H and O–H groups in total. The van der Waals surface area contributed by atoms with E-state index in [0.29, 0.717) is 54.1 Å². The molecule has 3 aromatic rings. The summed E-state index contributed by atoms with van der Waals surface area (Å²) in [5.74, 6) is -1.71. The van der Waals surface area contributed by atoms with E-state index in [-0.39, 0.29) is 23.4 Å². The van der Waals surface area contributed by atoms with Crippen molar-refractivity contribution in [2.24, 2.45) is 0 Å². The van der Waals surface area contributed by atoms with Gasteiger partial charge >= 0.3 is 5.97 Å². The number of allylic oxidation sites excluding steroid dienone is 2. The van der Waals surface area contributed by atoms with Gasteiger partial charge in [-0.2, -0.15) is 0 Å². The van der Waals surface area contributed by atoms with E-state index in [4.69, 9.17) is 4.74 Å². The van der Waals surface area contributed by atoms with Gasteiger partial charge in [0.1, 0.15) is 36.4 Å². The number of carbonyl (C=O) groups is 2. The maximum atomic E-state index is 16.0. The highest BCUT2D eigenvalue weighted by Gasteiger charge is 2.30. The number of fused-ring (bicyclic) bond motifs is 6. The number of hydrogen-bond donors (Lipinski definition) is 2. The Kier molecular flexibility index (Phi) is 12.6. The van der Waals surface area contributed by atoms with Crippen LogP contribution in [0, 0.1) is 25.5 Å². The molecule has 276 valence electrons. The smallest absolute Gasteiger partial charge is 0.305 e. The Morgan fingerprint density at radius 3 is 2.46 bits per heavy atom. The molecule has 10 heteroatoms. The third-order valence-corrected chi connectivity index (χ3v) is 9.36. The Bertz CT molecular complexity index is 1860.